The Morgan fingerprint density at radius 3 is 2.56 bits per heavy atom. The van der Waals surface area contributed by atoms with Gasteiger partial charge in [-0.2, -0.15) is 13.2 Å². The number of benzene rings is 2. The summed E-state index contributed by atoms with van der Waals surface area (Å²) in [5.41, 5.74) is 3.39. The van der Waals surface area contributed by atoms with Gasteiger partial charge in [-0.3, -0.25) is 9.69 Å². The molecule has 2 aromatic rings. The van der Waals surface area contributed by atoms with Gasteiger partial charge in [0.05, 0.1) is 16.5 Å². The predicted molar refractivity (Wildman–Crippen MR) is 145 cm³/mol. The van der Waals surface area contributed by atoms with Gasteiger partial charge in [-0.05, 0) is 92.6 Å². The normalized spacial score (nSPS) is 19.2. The third kappa shape index (κ3) is 7.70. The van der Waals surface area contributed by atoms with E-state index < -0.39 is 32.7 Å². The number of alkyl halides is 3. The van der Waals surface area contributed by atoms with Crippen molar-refractivity contribution in [3.05, 3.63) is 71.3 Å². The number of halogens is 3. The average Bonchev–Trinajstić information content (AvgIpc) is 2.88. The first kappa shape index (κ1) is 29.3. The molecule has 6 nitrogen and oxygen atoms in total. The molecule has 1 heterocycles. The monoisotopic (exact) mass is 563 g/mol. The van der Waals surface area contributed by atoms with E-state index in [0.29, 0.717) is 6.07 Å². The van der Waals surface area contributed by atoms with Crippen LogP contribution in [0.2, 0.25) is 0 Å². The van der Waals surface area contributed by atoms with Crippen molar-refractivity contribution in [2.45, 2.75) is 75.0 Å². The zero-order valence-corrected chi connectivity index (χ0v) is 23.0. The number of nitrogens with one attached hydrogen (secondary N) is 2. The third-order valence-corrected chi connectivity index (χ3v) is 8.97. The number of hydrogen-bond acceptors (Lipinski definition) is 4. The fourth-order valence-electron chi connectivity index (χ4n) is 5.41. The molecule has 39 heavy (non-hydrogen) atoms. The number of fused-ring (bicyclic) bond motifs is 1. The molecule has 0 radical (unpaired) electrons. The molecule has 1 aliphatic heterocycles. The van der Waals surface area contributed by atoms with Crippen molar-refractivity contribution in [2.75, 3.05) is 19.6 Å². The van der Waals surface area contributed by atoms with Gasteiger partial charge in [0.15, 0.2) is 0 Å². The van der Waals surface area contributed by atoms with Crippen molar-refractivity contribution < 1.29 is 26.4 Å². The first-order chi connectivity index (χ1) is 18.4. The number of carbonyl (C=O) groups is 1. The molecule has 2 aliphatic rings. The Kier molecular flexibility index (Phi) is 9.18. The maximum absolute atomic E-state index is 13.0. The van der Waals surface area contributed by atoms with Crippen molar-refractivity contribution in [1.29, 1.82) is 0 Å². The first-order valence-electron chi connectivity index (χ1n) is 13.4. The maximum Gasteiger partial charge on any atom is 0.416 e. The number of sulfonamides is 1. The molecule has 0 unspecified atom stereocenters. The van der Waals surface area contributed by atoms with Gasteiger partial charge in [0.25, 0.3) is 0 Å². The van der Waals surface area contributed by atoms with Crippen molar-refractivity contribution >= 4 is 21.5 Å². The van der Waals surface area contributed by atoms with E-state index in [2.05, 4.69) is 39.7 Å². The second kappa shape index (κ2) is 12.2. The summed E-state index contributed by atoms with van der Waals surface area (Å²) in [6, 6.07) is 8.83. The van der Waals surface area contributed by atoms with Crippen LogP contribution in [-0.2, 0) is 27.4 Å². The SMILES string of the molecule is C=C(CN1CCCCC1)c1ccc2c(c1)CCC[C@H]2NC(=O)C[C@H](C)NS(=O)(=O)c1cccc(C(F)(F)F)c1. The van der Waals surface area contributed by atoms with Gasteiger partial charge in [0.2, 0.25) is 15.9 Å². The average molecular weight is 564 g/mol. The van der Waals surface area contributed by atoms with E-state index in [1.54, 1.807) is 0 Å². The van der Waals surface area contributed by atoms with Crippen molar-refractivity contribution in [2.24, 2.45) is 0 Å². The fraction of sp³-hybridized carbons (Fsp3) is 0.483. The molecule has 1 aliphatic carbocycles. The lowest BCUT2D eigenvalue weighted by atomic mass is 9.85. The zero-order chi connectivity index (χ0) is 28.2. The van der Waals surface area contributed by atoms with Crippen LogP contribution in [0.3, 0.4) is 0 Å². The van der Waals surface area contributed by atoms with E-state index in [4.69, 9.17) is 0 Å². The zero-order valence-electron chi connectivity index (χ0n) is 22.2. The Balaban J connectivity index is 1.35. The molecule has 0 bridgehead atoms. The second-order valence-corrected chi connectivity index (χ2v) is 12.3. The highest BCUT2D eigenvalue weighted by Crippen LogP contribution is 2.33. The molecule has 1 amide bonds. The topological polar surface area (TPSA) is 78.5 Å². The summed E-state index contributed by atoms with van der Waals surface area (Å²) in [4.78, 5) is 14.8. The summed E-state index contributed by atoms with van der Waals surface area (Å²) in [5.74, 6) is -0.328. The molecule has 4 rings (SSSR count). The van der Waals surface area contributed by atoms with Gasteiger partial charge in [-0.1, -0.05) is 37.3 Å². The van der Waals surface area contributed by atoms with E-state index in [0.717, 1.165) is 73.8 Å². The molecule has 2 aromatic carbocycles. The molecule has 0 aromatic heterocycles. The Hall–Kier alpha value is -2.69. The van der Waals surface area contributed by atoms with Crippen LogP contribution < -0.4 is 10.0 Å². The van der Waals surface area contributed by atoms with E-state index in [-0.39, 0.29) is 18.4 Å². The summed E-state index contributed by atoms with van der Waals surface area (Å²) in [5, 5.41) is 3.02. The molecule has 0 saturated carbocycles. The molecule has 2 N–H and O–H groups in total. The lowest BCUT2D eigenvalue weighted by Crippen LogP contribution is -2.39. The molecular formula is C29H36F3N3O3S. The first-order valence-corrected chi connectivity index (χ1v) is 14.9. The largest absolute Gasteiger partial charge is 0.416 e. The minimum absolute atomic E-state index is 0.144. The number of carbonyl (C=O) groups excluding carboxylic acids is 1. The number of amides is 1. The van der Waals surface area contributed by atoms with Gasteiger partial charge in [0, 0.05) is 19.0 Å². The lowest BCUT2D eigenvalue weighted by molar-refractivity contribution is -0.137. The lowest BCUT2D eigenvalue weighted by Gasteiger charge is -2.29. The van der Waals surface area contributed by atoms with Gasteiger partial charge in [0.1, 0.15) is 0 Å². The van der Waals surface area contributed by atoms with Crippen LogP contribution in [0.4, 0.5) is 13.2 Å². The number of aryl methyl sites for hydroxylation is 1. The fourth-order valence-corrected chi connectivity index (χ4v) is 6.70. The summed E-state index contributed by atoms with van der Waals surface area (Å²) in [7, 11) is -4.24. The second-order valence-electron chi connectivity index (χ2n) is 10.6. The quantitative estimate of drug-likeness (QED) is 0.425. The van der Waals surface area contributed by atoms with E-state index in [9.17, 15) is 26.4 Å². The molecular weight excluding hydrogens is 527 g/mol. The standard InChI is InChI=1S/C29H36F3N3O3S/c1-20(19-35-14-4-3-5-15-35)22-12-13-26-23(17-22)8-6-11-27(26)33-28(36)16-21(2)34-39(37,38)25-10-7-9-24(18-25)29(30,31)32/h7,9-10,12-13,17-18,21,27,34H,1,3-6,8,11,14-16,19H2,2H3,(H,33,36)/t21-,27+/m0/s1. The third-order valence-electron chi connectivity index (χ3n) is 7.38. The predicted octanol–water partition coefficient (Wildman–Crippen LogP) is 5.46. The van der Waals surface area contributed by atoms with Gasteiger partial charge >= 0.3 is 6.18 Å². The Labute approximate surface area is 228 Å². The number of likely N-dealkylation sites (tertiary alicyclic amines) is 1. The minimum Gasteiger partial charge on any atom is -0.349 e. The highest BCUT2D eigenvalue weighted by atomic mass is 32.2. The minimum atomic E-state index is -4.66. The van der Waals surface area contributed by atoms with Crippen molar-refractivity contribution in [1.82, 2.24) is 14.9 Å². The van der Waals surface area contributed by atoms with Crippen LogP contribution in [0.15, 0.2) is 53.9 Å². The maximum atomic E-state index is 13.0. The van der Waals surface area contributed by atoms with Gasteiger partial charge in [-0.15, -0.1) is 0 Å². The van der Waals surface area contributed by atoms with E-state index >= 15 is 0 Å². The molecule has 0 spiro atoms. The number of hydrogen-bond donors (Lipinski definition) is 2. The van der Waals surface area contributed by atoms with E-state index in [1.165, 1.54) is 31.7 Å². The smallest absolute Gasteiger partial charge is 0.349 e. The Bertz CT molecular complexity index is 1300. The Morgan fingerprint density at radius 2 is 1.85 bits per heavy atom. The summed E-state index contributed by atoms with van der Waals surface area (Å²) in [6.07, 6.45) is 1.54. The van der Waals surface area contributed by atoms with Gasteiger partial charge in [-0.25, -0.2) is 13.1 Å². The number of rotatable bonds is 9. The van der Waals surface area contributed by atoms with Crippen molar-refractivity contribution in [3.8, 4) is 0 Å². The van der Waals surface area contributed by atoms with Crippen LogP contribution >= 0.6 is 0 Å². The van der Waals surface area contributed by atoms with E-state index in [1.807, 2.05) is 0 Å². The van der Waals surface area contributed by atoms with Crippen LogP contribution in [0.25, 0.3) is 5.57 Å². The molecule has 2 atom stereocenters. The molecule has 1 fully saturated rings. The van der Waals surface area contributed by atoms with Crippen LogP contribution in [0.1, 0.15) is 73.7 Å². The molecule has 1 saturated heterocycles. The van der Waals surface area contributed by atoms with Crippen LogP contribution in [0, 0.1) is 0 Å². The van der Waals surface area contributed by atoms with Crippen molar-refractivity contribution in [3.63, 3.8) is 0 Å². The number of nitrogens with zero attached hydrogens (tertiary/aromatic N) is 1. The summed E-state index contributed by atoms with van der Waals surface area (Å²) in [6.45, 7) is 8.89. The van der Waals surface area contributed by atoms with Crippen LogP contribution in [-0.4, -0.2) is 44.9 Å². The molecule has 10 heteroatoms. The number of piperidine rings is 1. The van der Waals surface area contributed by atoms with Crippen LogP contribution in [0.5, 0.6) is 0 Å². The highest BCUT2D eigenvalue weighted by Gasteiger charge is 2.32. The Morgan fingerprint density at radius 1 is 1.10 bits per heavy atom. The summed E-state index contributed by atoms with van der Waals surface area (Å²) < 4.78 is 66.6. The highest BCUT2D eigenvalue weighted by molar-refractivity contribution is 7.89. The molecule has 212 valence electrons. The van der Waals surface area contributed by atoms with Gasteiger partial charge < -0.3 is 5.32 Å². The summed E-state index contributed by atoms with van der Waals surface area (Å²) >= 11 is 0.